The van der Waals surface area contributed by atoms with E-state index in [0.29, 0.717) is 12.0 Å². The number of amides is 1. The molecule has 2 unspecified atom stereocenters. The molecule has 2 rings (SSSR count). The maximum atomic E-state index is 11.4. The minimum absolute atomic E-state index is 0.211. The second kappa shape index (κ2) is 7.38. The van der Waals surface area contributed by atoms with Crippen molar-refractivity contribution in [1.82, 2.24) is 14.7 Å². The first kappa shape index (κ1) is 15.7. The van der Waals surface area contributed by atoms with Crippen molar-refractivity contribution in [3.63, 3.8) is 0 Å². The average molecular weight is 283 g/mol. The lowest BCUT2D eigenvalue weighted by atomic mass is 10.0. The summed E-state index contributed by atoms with van der Waals surface area (Å²) in [4.78, 5) is 18.4. The fourth-order valence-electron chi connectivity index (χ4n) is 3.41. The number of hydrogen-bond donors (Lipinski definition) is 0. The number of ether oxygens (including phenoxy) is 1. The Morgan fingerprint density at radius 2 is 1.90 bits per heavy atom. The molecule has 2 aliphatic rings. The highest BCUT2D eigenvalue weighted by molar-refractivity contribution is 5.73. The molecule has 0 aromatic carbocycles. The topological polar surface area (TPSA) is 36.0 Å². The molecule has 0 radical (unpaired) electrons. The molecule has 0 aliphatic carbocycles. The first-order chi connectivity index (χ1) is 9.61. The minimum Gasteiger partial charge on any atom is -0.380 e. The summed E-state index contributed by atoms with van der Waals surface area (Å²) in [5.74, 6) is 0.919. The van der Waals surface area contributed by atoms with Crippen LogP contribution in [0.3, 0.4) is 0 Å². The molecular formula is C15H29N3O2. The summed E-state index contributed by atoms with van der Waals surface area (Å²) in [7, 11) is 0. The van der Waals surface area contributed by atoms with Gasteiger partial charge in [0.1, 0.15) is 0 Å². The molecule has 0 aromatic rings. The maximum Gasteiger partial charge on any atom is 0.219 e. The molecule has 2 atom stereocenters. The highest BCUT2D eigenvalue weighted by Crippen LogP contribution is 2.22. The number of likely N-dealkylation sites (tertiary alicyclic amines) is 1. The van der Waals surface area contributed by atoms with Gasteiger partial charge in [-0.1, -0.05) is 6.92 Å². The molecule has 116 valence electrons. The summed E-state index contributed by atoms with van der Waals surface area (Å²) in [6.45, 7) is 14.9. The number of piperazine rings is 1. The quantitative estimate of drug-likeness (QED) is 0.689. The van der Waals surface area contributed by atoms with Gasteiger partial charge < -0.3 is 9.64 Å². The Morgan fingerprint density at radius 1 is 1.20 bits per heavy atom. The Morgan fingerprint density at radius 3 is 2.50 bits per heavy atom. The van der Waals surface area contributed by atoms with Gasteiger partial charge in [-0.15, -0.1) is 0 Å². The van der Waals surface area contributed by atoms with Crippen LogP contribution in [0.1, 0.15) is 20.8 Å². The lowest BCUT2D eigenvalue weighted by molar-refractivity contribution is -0.130. The summed E-state index contributed by atoms with van der Waals surface area (Å²) in [6, 6.07) is 0.644. The minimum atomic E-state index is 0.211. The molecule has 0 bridgehead atoms. The summed E-state index contributed by atoms with van der Waals surface area (Å²) in [5.41, 5.74) is 0. The Kier molecular flexibility index (Phi) is 5.81. The zero-order valence-electron chi connectivity index (χ0n) is 13.2. The van der Waals surface area contributed by atoms with E-state index in [1.807, 2.05) is 11.8 Å². The van der Waals surface area contributed by atoms with Gasteiger partial charge >= 0.3 is 0 Å². The molecule has 0 aromatic heterocycles. The lowest BCUT2D eigenvalue weighted by Gasteiger charge is -2.39. The van der Waals surface area contributed by atoms with Crippen LogP contribution in [-0.2, 0) is 9.53 Å². The van der Waals surface area contributed by atoms with Gasteiger partial charge in [0.05, 0.1) is 6.61 Å². The third-order valence-corrected chi connectivity index (χ3v) is 4.63. The molecule has 0 N–H and O–H groups in total. The predicted molar refractivity (Wildman–Crippen MR) is 79.7 cm³/mol. The van der Waals surface area contributed by atoms with Crippen LogP contribution in [0.5, 0.6) is 0 Å². The largest absolute Gasteiger partial charge is 0.380 e. The zero-order valence-corrected chi connectivity index (χ0v) is 13.2. The van der Waals surface area contributed by atoms with E-state index in [0.717, 1.165) is 52.5 Å². The zero-order chi connectivity index (χ0) is 14.5. The van der Waals surface area contributed by atoms with E-state index < -0.39 is 0 Å². The van der Waals surface area contributed by atoms with Crippen LogP contribution in [0.4, 0.5) is 0 Å². The third-order valence-electron chi connectivity index (χ3n) is 4.63. The molecule has 2 aliphatic heterocycles. The first-order valence-corrected chi connectivity index (χ1v) is 7.91. The molecule has 2 heterocycles. The summed E-state index contributed by atoms with van der Waals surface area (Å²) in [5, 5.41) is 0. The fourth-order valence-corrected chi connectivity index (χ4v) is 3.41. The van der Waals surface area contributed by atoms with Crippen LogP contribution in [-0.4, -0.2) is 85.7 Å². The van der Waals surface area contributed by atoms with Crippen LogP contribution in [0.15, 0.2) is 0 Å². The molecule has 0 spiro atoms. The van der Waals surface area contributed by atoms with Crippen LogP contribution in [0.2, 0.25) is 0 Å². The van der Waals surface area contributed by atoms with Crippen molar-refractivity contribution in [2.75, 3.05) is 59.0 Å². The smallest absolute Gasteiger partial charge is 0.219 e. The summed E-state index contributed by atoms with van der Waals surface area (Å²) < 4.78 is 5.45. The van der Waals surface area contributed by atoms with Crippen molar-refractivity contribution in [2.45, 2.75) is 26.8 Å². The second-order valence-corrected chi connectivity index (χ2v) is 6.04. The van der Waals surface area contributed by atoms with Gasteiger partial charge in [-0.3, -0.25) is 14.6 Å². The van der Waals surface area contributed by atoms with Gasteiger partial charge in [0.25, 0.3) is 0 Å². The molecular weight excluding hydrogens is 254 g/mol. The second-order valence-electron chi connectivity index (χ2n) is 6.04. The maximum absolute atomic E-state index is 11.4. The van der Waals surface area contributed by atoms with Crippen molar-refractivity contribution < 1.29 is 9.53 Å². The van der Waals surface area contributed by atoms with E-state index in [2.05, 4.69) is 16.7 Å². The van der Waals surface area contributed by atoms with Crippen LogP contribution < -0.4 is 0 Å². The molecule has 2 fully saturated rings. The monoisotopic (exact) mass is 283 g/mol. The SMILES string of the molecule is CCOCCN1CC(C)C(N2CCN(C(C)=O)CC2)C1. The Bertz CT molecular complexity index is 316. The molecule has 20 heavy (non-hydrogen) atoms. The normalized spacial score (nSPS) is 29.1. The Balaban J connectivity index is 1.77. The van der Waals surface area contributed by atoms with Crippen molar-refractivity contribution in [2.24, 2.45) is 5.92 Å². The number of nitrogens with zero attached hydrogens (tertiary/aromatic N) is 3. The van der Waals surface area contributed by atoms with Gasteiger partial charge in [0.2, 0.25) is 5.91 Å². The van der Waals surface area contributed by atoms with E-state index in [4.69, 9.17) is 4.74 Å². The van der Waals surface area contributed by atoms with Gasteiger partial charge in [-0.25, -0.2) is 0 Å². The van der Waals surface area contributed by atoms with Gasteiger partial charge in [-0.05, 0) is 12.8 Å². The van der Waals surface area contributed by atoms with E-state index in [1.54, 1.807) is 6.92 Å². The fraction of sp³-hybridized carbons (Fsp3) is 0.933. The van der Waals surface area contributed by atoms with E-state index in [1.165, 1.54) is 6.54 Å². The highest BCUT2D eigenvalue weighted by Gasteiger charge is 2.35. The van der Waals surface area contributed by atoms with Crippen molar-refractivity contribution >= 4 is 5.91 Å². The first-order valence-electron chi connectivity index (χ1n) is 7.91. The number of carbonyl (C=O) groups excluding carboxylic acids is 1. The standard InChI is InChI=1S/C15H29N3O2/c1-4-20-10-9-16-11-13(2)15(12-16)18-7-5-17(6-8-18)14(3)19/h13,15H,4-12H2,1-3H3. The van der Waals surface area contributed by atoms with Gasteiger partial charge in [-0.2, -0.15) is 0 Å². The molecule has 1 amide bonds. The van der Waals surface area contributed by atoms with Gasteiger partial charge in [0, 0.05) is 65.4 Å². The van der Waals surface area contributed by atoms with Crippen LogP contribution >= 0.6 is 0 Å². The summed E-state index contributed by atoms with van der Waals surface area (Å²) >= 11 is 0. The Hall–Kier alpha value is -0.650. The van der Waals surface area contributed by atoms with Crippen molar-refractivity contribution in [1.29, 1.82) is 0 Å². The van der Waals surface area contributed by atoms with Crippen molar-refractivity contribution in [3.05, 3.63) is 0 Å². The van der Waals surface area contributed by atoms with Crippen LogP contribution in [0, 0.1) is 5.92 Å². The van der Waals surface area contributed by atoms with Crippen molar-refractivity contribution in [3.8, 4) is 0 Å². The van der Waals surface area contributed by atoms with Crippen LogP contribution in [0.25, 0.3) is 0 Å². The Labute approximate surface area is 122 Å². The average Bonchev–Trinajstić information content (AvgIpc) is 2.80. The lowest BCUT2D eigenvalue weighted by Crippen LogP contribution is -2.53. The van der Waals surface area contributed by atoms with E-state index in [-0.39, 0.29) is 5.91 Å². The number of carbonyl (C=O) groups is 1. The highest BCUT2D eigenvalue weighted by atomic mass is 16.5. The molecule has 5 heteroatoms. The molecule has 0 saturated carbocycles. The number of hydrogen-bond acceptors (Lipinski definition) is 4. The molecule has 2 saturated heterocycles. The summed E-state index contributed by atoms with van der Waals surface area (Å²) in [6.07, 6.45) is 0. The number of rotatable bonds is 5. The predicted octanol–water partition coefficient (Wildman–Crippen LogP) is 0.507. The van der Waals surface area contributed by atoms with E-state index >= 15 is 0 Å². The van der Waals surface area contributed by atoms with Gasteiger partial charge in [0.15, 0.2) is 0 Å². The third kappa shape index (κ3) is 3.93. The molecule has 5 nitrogen and oxygen atoms in total. The van der Waals surface area contributed by atoms with E-state index in [9.17, 15) is 4.79 Å².